The molecule has 0 radical (unpaired) electrons. The van der Waals surface area contributed by atoms with Crippen molar-refractivity contribution in [3.8, 4) is 0 Å². The molecule has 1 saturated heterocycles. The molecule has 1 aliphatic heterocycles. The molecule has 0 aromatic carbocycles. The van der Waals surface area contributed by atoms with E-state index in [1.54, 1.807) is 0 Å². The third-order valence-electron chi connectivity index (χ3n) is 2.47. The van der Waals surface area contributed by atoms with Crippen LogP contribution in [-0.4, -0.2) is 60.7 Å². The minimum Gasteiger partial charge on any atom is -0.395 e. The molecule has 1 heterocycles. The molecular weight excluding hydrogens is 170 g/mol. The van der Waals surface area contributed by atoms with E-state index in [1.807, 2.05) is 11.9 Å². The summed E-state index contributed by atoms with van der Waals surface area (Å²) in [5.41, 5.74) is -0.609. The minimum atomic E-state index is -0.609. The van der Waals surface area contributed by atoms with Gasteiger partial charge >= 0.3 is 0 Å². The number of ether oxygens (including phenoxy) is 1. The van der Waals surface area contributed by atoms with E-state index in [4.69, 9.17) is 9.84 Å². The van der Waals surface area contributed by atoms with Gasteiger partial charge in [0.15, 0.2) is 0 Å². The average molecular weight is 189 g/mol. The van der Waals surface area contributed by atoms with E-state index in [1.165, 1.54) is 0 Å². The second kappa shape index (κ2) is 4.91. The fraction of sp³-hybridized carbons (Fsp3) is 1.00. The van der Waals surface area contributed by atoms with Crippen LogP contribution >= 0.6 is 0 Å². The van der Waals surface area contributed by atoms with Crippen LogP contribution in [0.5, 0.6) is 0 Å². The van der Waals surface area contributed by atoms with Crippen LogP contribution in [0.3, 0.4) is 0 Å². The number of aliphatic hydroxyl groups excluding tert-OH is 1. The highest BCUT2D eigenvalue weighted by Gasteiger charge is 2.30. The van der Waals surface area contributed by atoms with Crippen LogP contribution in [0.4, 0.5) is 0 Å². The summed E-state index contributed by atoms with van der Waals surface area (Å²) in [6.45, 7) is 2.66. The smallest absolute Gasteiger partial charge is 0.0817 e. The summed E-state index contributed by atoms with van der Waals surface area (Å²) in [7, 11) is 1.91. The molecule has 1 aliphatic rings. The Morgan fingerprint density at radius 3 is 2.54 bits per heavy atom. The number of rotatable bonds is 4. The van der Waals surface area contributed by atoms with E-state index in [2.05, 4.69) is 0 Å². The first-order valence-corrected chi connectivity index (χ1v) is 4.76. The van der Waals surface area contributed by atoms with E-state index in [-0.39, 0.29) is 6.61 Å². The minimum absolute atomic E-state index is 0.142. The molecule has 2 N–H and O–H groups in total. The van der Waals surface area contributed by atoms with Crippen LogP contribution in [0.1, 0.15) is 12.8 Å². The molecule has 13 heavy (non-hydrogen) atoms. The van der Waals surface area contributed by atoms with E-state index in [0.717, 1.165) is 0 Å². The lowest BCUT2D eigenvalue weighted by molar-refractivity contribution is -0.0777. The first-order chi connectivity index (χ1) is 6.16. The van der Waals surface area contributed by atoms with Crippen LogP contribution in [0.15, 0.2) is 0 Å². The molecule has 0 aromatic rings. The Hall–Kier alpha value is -0.160. The van der Waals surface area contributed by atoms with Crippen LogP contribution in [0.2, 0.25) is 0 Å². The highest BCUT2D eigenvalue weighted by atomic mass is 16.5. The standard InChI is InChI=1S/C9H19NO3/c1-10(4-5-11)8-9(12)2-6-13-7-3-9/h11-12H,2-8H2,1H3. The number of hydrogen-bond acceptors (Lipinski definition) is 4. The summed E-state index contributed by atoms with van der Waals surface area (Å²) in [5.74, 6) is 0. The Balaban J connectivity index is 2.31. The highest BCUT2D eigenvalue weighted by molar-refractivity contribution is 4.83. The average Bonchev–Trinajstić information content (AvgIpc) is 2.04. The predicted octanol–water partition coefficient (Wildman–Crippen LogP) is -0.548. The van der Waals surface area contributed by atoms with Crippen LogP contribution in [-0.2, 0) is 4.74 Å². The van der Waals surface area contributed by atoms with Crippen LogP contribution < -0.4 is 0 Å². The summed E-state index contributed by atoms with van der Waals surface area (Å²) in [6.07, 6.45) is 1.39. The van der Waals surface area contributed by atoms with E-state index >= 15 is 0 Å². The lowest BCUT2D eigenvalue weighted by atomic mass is 9.94. The van der Waals surface area contributed by atoms with Gasteiger partial charge in [0.1, 0.15) is 0 Å². The van der Waals surface area contributed by atoms with Crippen molar-refractivity contribution in [2.24, 2.45) is 0 Å². The maximum Gasteiger partial charge on any atom is 0.0817 e. The van der Waals surface area contributed by atoms with Crippen molar-refractivity contribution in [1.82, 2.24) is 4.90 Å². The van der Waals surface area contributed by atoms with Crippen molar-refractivity contribution in [2.75, 3.05) is 40.0 Å². The molecule has 0 aromatic heterocycles. The molecule has 0 unspecified atom stereocenters. The first-order valence-electron chi connectivity index (χ1n) is 4.76. The van der Waals surface area contributed by atoms with Gasteiger partial charge in [-0.2, -0.15) is 0 Å². The fourth-order valence-electron chi connectivity index (χ4n) is 1.66. The second-order valence-corrected chi connectivity index (χ2v) is 3.80. The molecule has 0 spiro atoms. The maximum absolute atomic E-state index is 10.1. The maximum atomic E-state index is 10.1. The Kier molecular flexibility index (Phi) is 4.12. The number of nitrogens with zero attached hydrogens (tertiary/aromatic N) is 1. The zero-order chi connectivity index (χ0) is 9.73. The Bertz CT molecular complexity index is 146. The van der Waals surface area contributed by atoms with Crippen molar-refractivity contribution in [3.05, 3.63) is 0 Å². The quantitative estimate of drug-likeness (QED) is 0.623. The first kappa shape index (κ1) is 10.9. The van der Waals surface area contributed by atoms with Gasteiger partial charge in [0.25, 0.3) is 0 Å². The molecular formula is C9H19NO3. The van der Waals surface area contributed by atoms with Gasteiger partial charge in [0, 0.05) is 39.1 Å². The van der Waals surface area contributed by atoms with Gasteiger partial charge < -0.3 is 19.8 Å². The molecule has 78 valence electrons. The Labute approximate surface area is 79.1 Å². The SMILES string of the molecule is CN(CCO)CC1(O)CCOCC1. The number of aliphatic hydroxyl groups is 2. The third-order valence-corrected chi connectivity index (χ3v) is 2.47. The number of likely N-dealkylation sites (N-methyl/N-ethyl adjacent to an activating group) is 1. The zero-order valence-corrected chi connectivity index (χ0v) is 8.20. The van der Waals surface area contributed by atoms with Gasteiger partial charge in [0.05, 0.1) is 12.2 Å². The molecule has 4 heteroatoms. The van der Waals surface area contributed by atoms with Crippen LogP contribution in [0, 0.1) is 0 Å². The third kappa shape index (κ3) is 3.60. The van der Waals surface area contributed by atoms with Crippen molar-refractivity contribution < 1.29 is 14.9 Å². The van der Waals surface area contributed by atoms with Gasteiger partial charge in [-0.25, -0.2) is 0 Å². The molecule has 0 amide bonds. The second-order valence-electron chi connectivity index (χ2n) is 3.80. The highest BCUT2D eigenvalue weighted by Crippen LogP contribution is 2.20. The van der Waals surface area contributed by atoms with Crippen molar-refractivity contribution in [2.45, 2.75) is 18.4 Å². The van der Waals surface area contributed by atoms with Gasteiger partial charge in [-0.15, -0.1) is 0 Å². The van der Waals surface area contributed by atoms with Gasteiger partial charge in [-0.05, 0) is 7.05 Å². The topological polar surface area (TPSA) is 52.9 Å². The zero-order valence-electron chi connectivity index (χ0n) is 8.20. The number of hydrogen-bond donors (Lipinski definition) is 2. The summed E-state index contributed by atoms with van der Waals surface area (Å²) < 4.78 is 5.18. The van der Waals surface area contributed by atoms with Crippen molar-refractivity contribution in [1.29, 1.82) is 0 Å². The molecule has 0 saturated carbocycles. The summed E-state index contributed by atoms with van der Waals surface area (Å²) in [6, 6.07) is 0. The van der Waals surface area contributed by atoms with Crippen molar-refractivity contribution in [3.63, 3.8) is 0 Å². The van der Waals surface area contributed by atoms with Crippen LogP contribution in [0.25, 0.3) is 0 Å². The van der Waals surface area contributed by atoms with Gasteiger partial charge in [0.2, 0.25) is 0 Å². The molecule has 0 aliphatic carbocycles. The summed E-state index contributed by atoms with van der Waals surface area (Å²) in [4.78, 5) is 1.95. The monoisotopic (exact) mass is 189 g/mol. The van der Waals surface area contributed by atoms with E-state index in [9.17, 15) is 5.11 Å². The molecule has 0 atom stereocenters. The summed E-state index contributed by atoms with van der Waals surface area (Å²) in [5, 5.41) is 18.8. The molecule has 1 rings (SSSR count). The molecule has 0 bridgehead atoms. The Morgan fingerprint density at radius 2 is 2.00 bits per heavy atom. The lowest BCUT2D eigenvalue weighted by Crippen LogP contribution is -2.46. The lowest BCUT2D eigenvalue weighted by Gasteiger charge is -2.35. The van der Waals surface area contributed by atoms with E-state index < -0.39 is 5.60 Å². The predicted molar refractivity (Wildman–Crippen MR) is 49.6 cm³/mol. The largest absolute Gasteiger partial charge is 0.395 e. The normalized spacial score (nSPS) is 22.2. The Morgan fingerprint density at radius 1 is 1.38 bits per heavy atom. The summed E-state index contributed by atoms with van der Waals surface area (Å²) >= 11 is 0. The fourth-order valence-corrected chi connectivity index (χ4v) is 1.66. The van der Waals surface area contributed by atoms with Crippen molar-refractivity contribution >= 4 is 0 Å². The van der Waals surface area contributed by atoms with Gasteiger partial charge in [-0.3, -0.25) is 0 Å². The molecule has 1 fully saturated rings. The van der Waals surface area contributed by atoms with Gasteiger partial charge in [-0.1, -0.05) is 0 Å². The molecule has 4 nitrogen and oxygen atoms in total. The van der Waals surface area contributed by atoms with E-state index in [0.29, 0.717) is 39.1 Å².